The first-order chi connectivity index (χ1) is 9.06. The monoisotopic (exact) mass is 370 g/mol. The van der Waals surface area contributed by atoms with Gasteiger partial charge < -0.3 is 10.3 Å². The van der Waals surface area contributed by atoms with Crippen molar-refractivity contribution >= 4 is 39.6 Å². The minimum atomic E-state index is 0.478. The van der Waals surface area contributed by atoms with Gasteiger partial charge in [-0.15, -0.1) is 0 Å². The molecule has 1 saturated carbocycles. The van der Waals surface area contributed by atoms with E-state index >= 15 is 0 Å². The molecule has 1 atom stereocenters. The molecule has 19 heavy (non-hydrogen) atoms. The van der Waals surface area contributed by atoms with Crippen LogP contribution in [0.1, 0.15) is 19.8 Å². The quantitative estimate of drug-likeness (QED) is 0.842. The fourth-order valence-corrected chi connectivity index (χ4v) is 3.02. The average molecular weight is 370 g/mol. The van der Waals surface area contributed by atoms with Crippen molar-refractivity contribution in [2.24, 2.45) is 0 Å². The standard InChI is InChI=1S/C14H19IN4/c1-9(18(2)11-4-5-11)8-19-13-6-3-10(15)7-12(13)17-14(19)16/h3,6-7,9,11H,4-5,8H2,1-2H3,(H2,16,17). The van der Waals surface area contributed by atoms with Gasteiger partial charge in [0.05, 0.1) is 11.0 Å². The second-order valence-corrected chi connectivity index (χ2v) is 6.70. The van der Waals surface area contributed by atoms with Crippen LogP contribution >= 0.6 is 22.6 Å². The van der Waals surface area contributed by atoms with Gasteiger partial charge in [-0.1, -0.05) is 0 Å². The highest BCUT2D eigenvalue weighted by molar-refractivity contribution is 14.1. The summed E-state index contributed by atoms with van der Waals surface area (Å²) >= 11 is 2.30. The molecule has 3 rings (SSSR count). The summed E-state index contributed by atoms with van der Waals surface area (Å²) in [4.78, 5) is 6.92. The third kappa shape index (κ3) is 2.58. The van der Waals surface area contributed by atoms with Crippen LogP contribution in [-0.2, 0) is 6.54 Å². The molecule has 0 spiro atoms. The number of hydrogen-bond donors (Lipinski definition) is 1. The van der Waals surface area contributed by atoms with Crippen molar-refractivity contribution in [2.45, 2.75) is 38.4 Å². The second kappa shape index (κ2) is 4.94. The molecule has 2 N–H and O–H groups in total. The van der Waals surface area contributed by atoms with Crippen molar-refractivity contribution in [1.29, 1.82) is 0 Å². The maximum Gasteiger partial charge on any atom is 0.201 e. The maximum absolute atomic E-state index is 6.07. The van der Waals surface area contributed by atoms with E-state index in [4.69, 9.17) is 5.73 Å². The zero-order valence-corrected chi connectivity index (χ0v) is 13.5. The van der Waals surface area contributed by atoms with Gasteiger partial charge in [0.1, 0.15) is 0 Å². The predicted octanol–water partition coefficient (Wildman–Crippen LogP) is 2.71. The van der Waals surface area contributed by atoms with Crippen molar-refractivity contribution < 1.29 is 0 Å². The van der Waals surface area contributed by atoms with Crippen LogP contribution in [0.2, 0.25) is 0 Å². The number of imidazole rings is 1. The van der Waals surface area contributed by atoms with Crippen molar-refractivity contribution in [2.75, 3.05) is 12.8 Å². The van der Waals surface area contributed by atoms with Gasteiger partial charge in [0.15, 0.2) is 0 Å². The fourth-order valence-electron chi connectivity index (χ4n) is 2.55. The lowest BCUT2D eigenvalue weighted by Crippen LogP contribution is -2.34. The van der Waals surface area contributed by atoms with Gasteiger partial charge in [-0.2, -0.15) is 0 Å². The Labute approximate surface area is 127 Å². The molecule has 4 nitrogen and oxygen atoms in total. The van der Waals surface area contributed by atoms with E-state index < -0.39 is 0 Å². The van der Waals surface area contributed by atoms with Gasteiger partial charge in [0.2, 0.25) is 5.95 Å². The summed E-state index contributed by atoms with van der Waals surface area (Å²) in [7, 11) is 2.21. The minimum absolute atomic E-state index is 0.478. The highest BCUT2D eigenvalue weighted by Gasteiger charge is 2.29. The van der Waals surface area contributed by atoms with E-state index in [0.29, 0.717) is 12.0 Å². The van der Waals surface area contributed by atoms with Crippen molar-refractivity contribution in [3.63, 3.8) is 0 Å². The molecule has 1 unspecified atom stereocenters. The second-order valence-electron chi connectivity index (χ2n) is 5.46. The largest absolute Gasteiger partial charge is 0.369 e. The Hall–Kier alpha value is -0.820. The highest BCUT2D eigenvalue weighted by Crippen LogP contribution is 2.28. The number of rotatable bonds is 4. The number of fused-ring (bicyclic) bond motifs is 1. The Morgan fingerprint density at radius 2 is 2.26 bits per heavy atom. The molecule has 0 saturated heterocycles. The van der Waals surface area contributed by atoms with E-state index in [1.54, 1.807) is 0 Å². The van der Waals surface area contributed by atoms with E-state index in [1.165, 1.54) is 16.4 Å². The van der Waals surface area contributed by atoms with Gasteiger partial charge >= 0.3 is 0 Å². The van der Waals surface area contributed by atoms with Crippen LogP contribution in [0.4, 0.5) is 5.95 Å². The van der Waals surface area contributed by atoms with E-state index in [2.05, 4.69) is 69.2 Å². The summed E-state index contributed by atoms with van der Waals surface area (Å²) < 4.78 is 3.33. The van der Waals surface area contributed by atoms with Crippen molar-refractivity contribution in [3.8, 4) is 0 Å². The zero-order chi connectivity index (χ0) is 13.6. The molecule has 1 aliphatic carbocycles. The predicted molar refractivity (Wildman–Crippen MR) is 87.1 cm³/mol. The first kappa shape index (κ1) is 13.2. The molecule has 1 aromatic carbocycles. The first-order valence-electron chi connectivity index (χ1n) is 6.69. The number of benzene rings is 1. The Balaban J connectivity index is 1.89. The van der Waals surface area contributed by atoms with E-state index in [9.17, 15) is 0 Å². The third-order valence-electron chi connectivity index (χ3n) is 4.00. The fraction of sp³-hybridized carbons (Fsp3) is 0.500. The van der Waals surface area contributed by atoms with Crippen LogP contribution in [-0.4, -0.2) is 33.6 Å². The highest BCUT2D eigenvalue weighted by atomic mass is 127. The lowest BCUT2D eigenvalue weighted by atomic mass is 10.2. The van der Waals surface area contributed by atoms with Crippen molar-refractivity contribution in [1.82, 2.24) is 14.5 Å². The molecule has 2 aromatic rings. The van der Waals surface area contributed by atoms with Crippen LogP contribution < -0.4 is 5.73 Å². The Bertz CT molecular complexity index is 603. The van der Waals surface area contributed by atoms with Crippen LogP contribution in [0.5, 0.6) is 0 Å². The molecule has 0 bridgehead atoms. The number of nitrogens with zero attached hydrogens (tertiary/aromatic N) is 3. The molecule has 5 heteroatoms. The van der Waals surface area contributed by atoms with Gasteiger partial charge in [-0.3, -0.25) is 4.90 Å². The maximum atomic E-state index is 6.07. The van der Waals surface area contributed by atoms with Crippen LogP contribution in [0, 0.1) is 3.57 Å². The smallest absolute Gasteiger partial charge is 0.201 e. The van der Waals surface area contributed by atoms with Gasteiger partial charge in [-0.05, 0) is 67.6 Å². The number of aromatic nitrogens is 2. The molecular formula is C14H19IN4. The molecule has 102 valence electrons. The Kier molecular flexibility index (Phi) is 3.42. The van der Waals surface area contributed by atoms with Crippen molar-refractivity contribution in [3.05, 3.63) is 21.8 Å². The number of nitrogens with two attached hydrogens (primary N) is 1. The third-order valence-corrected chi connectivity index (χ3v) is 4.68. The molecule has 0 amide bonds. The number of halogens is 1. The van der Waals surface area contributed by atoms with Gasteiger partial charge in [-0.25, -0.2) is 4.98 Å². The topological polar surface area (TPSA) is 47.1 Å². The molecule has 0 radical (unpaired) electrons. The van der Waals surface area contributed by atoms with E-state index in [-0.39, 0.29) is 0 Å². The van der Waals surface area contributed by atoms with Gasteiger partial charge in [0, 0.05) is 22.2 Å². The summed E-state index contributed by atoms with van der Waals surface area (Å²) in [6.07, 6.45) is 2.67. The van der Waals surface area contributed by atoms with Crippen LogP contribution in [0.3, 0.4) is 0 Å². The summed E-state index contributed by atoms with van der Waals surface area (Å²) in [5.74, 6) is 0.619. The molecule has 1 fully saturated rings. The summed E-state index contributed by atoms with van der Waals surface area (Å²) in [5.41, 5.74) is 8.20. The zero-order valence-electron chi connectivity index (χ0n) is 11.3. The molecule has 0 aliphatic heterocycles. The normalized spacial score (nSPS) is 17.3. The summed E-state index contributed by atoms with van der Waals surface area (Å²) in [5, 5.41) is 0. The number of likely N-dealkylation sites (N-methyl/N-ethyl adjacent to an activating group) is 1. The Morgan fingerprint density at radius 1 is 1.53 bits per heavy atom. The number of hydrogen-bond acceptors (Lipinski definition) is 3. The van der Waals surface area contributed by atoms with Crippen LogP contribution in [0.15, 0.2) is 18.2 Å². The number of anilines is 1. The molecule has 1 aromatic heterocycles. The van der Waals surface area contributed by atoms with E-state index in [1.807, 2.05) is 0 Å². The number of nitrogen functional groups attached to an aromatic ring is 1. The van der Waals surface area contributed by atoms with Crippen LogP contribution in [0.25, 0.3) is 11.0 Å². The molecular weight excluding hydrogens is 351 g/mol. The minimum Gasteiger partial charge on any atom is -0.369 e. The summed E-state index contributed by atoms with van der Waals surface area (Å²) in [6.45, 7) is 3.16. The van der Waals surface area contributed by atoms with Gasteiger partial charge in [0.25, 0.3) is 0 Å². The lowest BCUT2D eigenvalue weighted by molar-refractivity contribution is 0.228. The summed E-state index contributed by atoms with van der Waals surface area (Å²) in [6, 6.07) is 7.55. The SMILES string of the molecule is CC(Cn1c(N)nc2cc(I)ccc21)N(C)C1CC1. The lowest BCUT2D eigenvalue weighted by Gasteiger charge is -2.25. The Morgan fingerprint density at radius 3 is 2.95 bits per heavy atom. The molecule has 1 aliphatic rings. The average Bonchev–Trinajstić information content (AvgIpc) is 3.15. The van der Waals surface area contributed by atoms with E-state index in [0.717, 1.165) is 23.6 Å². The first-order valence-corrected chi connectivity index (χ1v) is 7.77. The molecule has 1 heterocycles.